The predicted molar refractivity (Wildman–Crippen MR) is 120 cm³/mol. The minimum atomic E-state index is -0.324. The lowest BCUT2D eigenvalue weighted by Crippen LogP contribution is -2.12. The Kier molecular flexibility index (Phi) is 7.79. The average molecular weight is 422 g/mol. The van der Waals surface area contributed by atoms with Gasteiger partial charge in [0.05, 0.1) is 13.5 Å². The van der Waals surface area contributed by atoms with Crippen molar-refractivity contribution >= 4 is 5.97 Å². The van der Waals surface area contributed by atoms with Crippen LogP contribution in [0.5, 0.6) is 5.75 Å². The van der Waals surface area contributed by atoms with Gasteiger partial charge in [-0.3, -0.25) is 4.79 Å². The third-order valence-electron chi connectivity index (χ3n) is 5.20. The second-order valence-electron chi connectivity index (χ2n) is 7.45. The summed E-state index contributed by atoms with van der Waals surface area (Å²) in [4.78, 5) is 11.6. The van der Waals surface area contributed by atoms with E-state index in [4.69, 9.17) is 15.2 Å². The highest BCUT2D eigenvalue weighted by Gasteiger charge is 2.15. The van der Waals surface area contributed by atoms with Crippen LogP contribution in [-0.4, -0.2) is 13.1 Å². The Morgan fingerprint density at radius 3 is 2.61 bits per heavy atom. The second-order valence-corrected chi connectivity index (χ2v) is 7.45. The van der Waals surface area contributed by atoms with Crippen molar-refractivity contribution in [3.05, 3.63) is 89.2 Å². The van der Waals surface area contributed by atoms with Crippen LogP contribution in [0.2, 0.25) is 0 Å². The molecule has 2 N–H and O–H groups in total. The third kappa shape index (κ3) is 5.70. The van der Waals surface area contributed by atoms with Gasteiger partial charge in [0.25, 0.3) is 0 Å². The van der Waals surface area contributed by atoms with Crippen LogP contribution in [0.15, 0.2) is 66.7 Å². The molecule has 4 nitrogen and oxygen atoms in total. The van der Waals surface area contributed by atoms with Crippen molar-refractivity contribution in [2.45, 2.75) is 38.8 Å². The first-order valence-electron chi connectivity index (χ1n) is 10.4. The molecule has 0 saturated carbocycles. The molecule has 0 aliphatic rings. The van der Waals surface area contributed by atoms with Gasteiger partial charge in [0.1, 0.15) is 18.2 Å². The maximum Gasteiger partial charge on any atom is 0.310 e. The highest BCUT2D eigenvalue weighted by atomic mass is 19.1. The number of rotatable bonds is 9. The molecule has 0 saturated heterocycles. The number of nitrogens with two attached hydrogens (primary N) is 1. The molecule has 1 unspecified atom stereocenters. The average Bonchev–Trinajstić information content (AvgIpc) is 2.79. The number of para-hydroxylation sites is 1. The van der Waals surface area contributed by atoms with Crippen molar-refractivity contribution < 1.29 is 18.7 Å². The molecule has 0 spiro atoms. The predicted octanol–water partition coefficient (Wildman–Crippen LogP) is 5.59. The van der Waals surface area contributed by atoms with Gasteiger partial charge in [0.15, 0.2) is 0 Å². The van der Waals surface area contributed by atoms with Gasteiger partial charge in [0, 0.05) is 22.7 Å². The molecular formula is C26H28FNO3. The molecule has 0 radical (unpaired) electrons. The zero-order valence-electron chi connectivity index (χ0n) is 17.9. The van der Waals surface area contributed by atoms with E-state index in [1.807, 2.05) is 61.5 Å². The van der Waals surface area contributed by atoms with E-state index in [1.165, 1.54) is 7.11 Å². The fourth-order valence-corrected chi connectivity index (χ4v) is 3.53. The molecule has 162 valence electrons. The fourth-order valence-electron chi connectivity index (χ4n) is 3.53. The summed E-state index contributed by atoms with van der Waals surface area (Å²) in [6.45, 7) is 2.33. The molecule has 0 fully saturated rings. The molecule has 3 aromatic carbocycles. The lowest BCUT2D eigenvalue weighted by molar-refractivity contribution is -0.139. The standard InChI is InChI=1S/C26H28FNO3/c1-3-8-23(28)22-13-7-12-21(26(22)27)19-11-6-9-18(15-19)17-31-24-14-5-4-10-20(24)16-25(29)30-2/h4-7,9-15,23H,3,8,16-17,28H2,1-2H3. The van der Waals surface area contributed by atoms with Gasteiger partial charge in [0.2, 0.25) is 0 Å². The number of carbonyl (C=O) groups excluding carboxylic acids is 1. The van der Waals surface area contributed by atoms with E-state index >= 15 is 4.39 Å². The van der Waals surface area contributed by atoms with Crippen LogP contribution in [0.3, 0.4) is 0 Å². The Labute approximate surface area is 182 Å². The van der Waals surface area contributed by atoms with Crippen molar-refractivity contribution in [1.82, 2.24) is 0 Å². The van der Waals surface area contributed by atoms with Crippen LogP contribution in [0.1, 0.15) is 42.5 Å². The largest absolute Gasteiger partial charge is 0.489 e. The van der Waals surface area contributed by atoms with Gasteiger partial charge in [-0.25, -0.2) is 4.39 Å². The first-order valence-corrected chi connectivity index (χ1v) is 10.4. The number of carbonyl (C=O) groups is 1. The number of methoxy groups -OCH3 is 1. The van der Waals surface area contributed by atoms with Crippen molar-refractivity contribution in [3.63, 3.8) is 0 Å². The number of esters is 1. The van der Waals surface area contributed by atoms with Gasteiger partial charge < -0.3 is 15.2 Å². The zero-order chi connectivity index (χ0) is 22.2. The summed E-state index contributed by atoms with van der Waals surface area (Å²) in [6, 6.07) is 20.0. The molecule has 0 amide bonds. The van der Waals surface area contributed by atoms with Gasteiger partial charge in [-0.15, -0.1) is 0 Å². The van der Waals surface area contributed by atoms with E-state index in [-0.39, 0.29) is 24.2 Å². The number of hydrogen-bond acceptors (Lipinski definition) is 4. The lowest BCUT2D eigenvalue weighted by Gasteiger charge is -2.15. The first-order chi connectivity index (χ1) is 15.0. The quantitative estimate of drug-likeness (QED) is 0.458. The van der Waals surface area contributed by atoms with Gasteiger partial charge in [-0.1, -0.05) is 67.9 Å². The minimum Gasteiger partial charge on any atom is -0.489 e. The fraction of sp³-hybridized carbons (Fsp3) is 0.269. The molecule has 31 heavy (non-hydrogen) atoms. The summed E-state index contributed by atoms with van der Waals surface area (Å²) in [5.74, 6) is 0.0247. The number of benzene rings is 3. The Morgan fingerprint density at radius 2 is 1.84 bits per heavy atom. The highest BCUT2D eigenvalue weighted by molar-refractivity contribution is 5.73. The van der Waals surface area contributed by atoms with E-state index in [0.29, 0.717) is 23.5 Å². The summed E-state index contributed by atoms with van der Waals surface area (Å²) < 4.78 is 25.9. The normalized spacial score (nSPS) is 11.7. The Morgan fingerprint density at radius 1 is 1.06 bits per heavy atom. The molecule has 5 heteroatoms. The monoisotopic (exact) mass is 421 g/mol. The molecule has 0 aliphatic heterocycles. The van der Waals surface area contributed by atoms with Crippen LogP contribution >= 0.6 is 0 Å². The summed E-state index contributed by atoms with van der Waals surface area (Å²) in [5, 5.41) is 0. The van der Waals surface area contributed by atoms with Crippen LogP contribution in [0, 0.1) is 5.82 Å². The number of halogens is 1. The Balaban J connectivity index is 1.80. The smallest absolute Gasteiger partial charge is 0.310 e. The van der Waals surface area contributed by atoms with Crippen molar-refractivity contribution in [2.24, 2.45) is 5.73 Å². The first kappa shape index (κ1) is 22.5. The highest BCUT2D eigenvalue weighted by Crippen LogP contribution is 2.30. The van der Waals surface area contributed by atoms with Crippen LogP contribution < -0.4 is 10.5 Å². The van der Waals surface area contributed by atoms with Crippen molar-refractivity contribution in [2.75, 3.05) is 7.11 Å². The van der Waals surface area contributed by atoms with E-state index < -0.39 is 0 Å². The van der Waals surface area contributed by atoms with Crippen LogP contribution in [0.25, 0.3) is 11.1 Å². The summed E-state index contributed by atoms with van der Waals surface area (Å²) in [7, 11) is 1.36. The maximum absolute atomic E-state index is 15.2. The third-order valence-corrected chi connectivity index (χ3v) is 5.20. The van der Waals surface area contributed by atoms with E-state index in [2.05, 4.69) is 0 Å². The van der Waals surface area contributed by atoms with E-state index in [0.717, 1.165) is 29.5 Å². The molecule has 0 heterocycles. The molecule has 3 rings (SSSR count). The van der Waals surface area contributed by atoms with E-state index in [9.17, 15) is 4.79 Å². The zero-order valence-corrected chi connectivity index (χ0v) is 17.9. The van der Waals surface area contributed by atoms with Crippen molar-refractivity contribution in [1.29, 1.82) is 0 Å². The summed E-state index contributed by atoms with van der Waals surface area (Å²) >= 11 is 0. The maximum atomic E-state index is 15.2. The van der Waals surface area contributed by atoms with Gasteiger partial charge in [-0.2, -0.15) is 0 Å². The topological polar surface area (TPSA) is 61.5 Å². The molecular weight excluding hydrogens is 393 g/mol. The molecule has 3 aromatic rings. The molecule has 0 aromatic heterocycles. The van der Waals surface area contributed by atoms with Gasteiger partial charge >= 0.3 is 5.97 Å². The summed E-state index contributed by atoms with van der Waals surface area (Å²) in [6.07, 6.45) is 1.77. The summed E-state index contributed by atoms with van der Waals surface area (Å²) in [5.41, 5.74) is 9.65. The lowest BCUT2D eigenvalue weighted by atomic mass is 9.96. The van der Waals surface area contributed by atoms with Crippen LogP contribution in [0.4, 0.5) is 4.39 Å². The minimum absolute atomic E-state index is 0.142. The Bertz CT molecular complexity index is 1030. The molecule has 0 aliphatic carbocycles. The van der Waals surface area contributed by atoms with Gasteiger partial charge in [-0.05, 0) is 29.7 Å². The van der Waals surface area contributed by atoms with Crippen LogP contribution in [-0.2, 0) is 22.6 Å². The molecule has 0 bridgehead atoms. The number of ether oxygens (including phenoxy) is 2. The molecule has 1 atom stereocenters. The van der Waals surface area contributed by atoms with Crippen molar-refractivity contribution in [3.8, 4) is 16.9 Å². The van der Waals surface area contributed by atoms with E-state index in [1.54, 1.807) is 12.1 Å². The Hall–Kier alpha value is -3.18. The SMILES string of the molecule is CCCC(N)c1cccc(-c2cccc(COc3ccccc3CC(=O)OC)c2)c1F. The number of hydrogen-bond donors (Lipinski definition) is 1. The second kappa shape index (κ2) is 10.7.